The highest BCUT2D eigenvalue weighted by Gasteiger charge is 2.20. The van der Waals surface area contributed by atoms with Gasteiger partial charge in [0, 0.05) is 0 Å². The second-order valence-corrected chi connectivity index (χ2v) is 5.66. The van der Waals surface area contributed by atoms with Gasteiger partial charge in [-0.05, 0) is 28.1 Å². The minimum absolute atomic E-state index is 0.230. The zero-order valence-corrected chi connectivity index (χ0v) is 11.1. The lowest BCUT2D eigenvalue weighted by Crippen LogP contribution is -2.16. The van der Waals surface area contributed by atoms with Crippen LogP contribution in [-0.4, -0.2) is 10.9 Å². The third-order valence-electron chi connectivity index (χ3n) is 2.05. The Labute approximate surface area is 113 Å². The molecule has 18 heavy (non-hydrogen) atoms. The number of nitrogens with zero attached hydrogens (tertiary/aromatic N) is 1. The van der Waals surface area contributed by atoms with Gasteiger partial charge in [0.2, 0.25) is 0 Å². The van der Waals surface area contributed by atoms with Crippen molar-refractivity contribution in [1.82, 2.24) is 4.98 Å². The smallest absolute Gasteiger partial charge is 0.263 e. The van der Waals surface area contributed by atoms with E-state index in [2.05, 4.69) is 26.2 Å². The van der Waals surface area contributed by atoms with Crippen LogP contribution in [0.15, 0.2) is 22.1 Å². The van der Waals surface area contributed by atoms with Crippen LogP contribution < -0.4 is 11.1 Å². The number of aromatic nitrogens is 1. The number of thiazole rings is 1. The molecule has 0 bridgehead atoms. The van der Waals surface area contributed by atoms with Crippen LogP contribution in [0.4, 0.5) is 19.6 Å². The number of hydrogen-bond donors (Lipinski definition) is 2. The van der Waals surface area contributed by atoms with Crippen molar-refractivity contribution in [3.05, 3.63) is 39.3 Å². The predicted molar refractivity (Wildman–Crippen MR) is 68.5 cm³/mol. The fourth-order valence-electron chi connectivity index (χ4n) is 1.25. The van der Waals surface area contributed by atoms with E-state index in [9.17, 15) is 13.6 Å². The molecule has 2 rings (SSSR count). The number of rotatable bonds is 2. The summed E-state index contributed by atoms with van der Waals surface area (Å²) in [4.78, 5) is 15.5. The van der Waals surface area contributed by atoms with Crippen LogP contribution in [-0.2, 0) is 0 Å². The first-order valence-corrected chi connectivity index (χ1v) is 6.26. The normalized spacial score (nSPS) is 10.4. The molecule has 3 N–H and O–H groups in total. The Morgan fingerprint density at radius 3 is 2.78 bits per heavy atom. The van der Waals surface area contributed by atoms with Crippen LogP contribution in [0.1, 0.15) is 10.4 Å². The predicted octanol–water partition coefficient (Wildman–Crippen LogP) is 3.02. The van der Waals surface area contributed by atoms with Gasteiger partial charge in [0.1, 0.15) is 11.4 Å². The molecular weight excluding hydrogens is 328 g/mol. The van der Waals surface area contributed by atoms with E-state index in [-0.39, 0.29) is 10.8 Å². The molecule has 0 aliphatic carbocycles. The molecule has 1 aromatic carbocycles. The summed E-state index contributed by atoms with van der Waals surface area (Å²) in [7, 11) is 0. The minimum Gasteiger partial charge on any atom is -0.396 e. The third kappa shape index (κ3) is 2.49. The van der Waals surface area contributed by atoms with Crippen LogP contribution in [0.5, 0.6) is 0 Å². The van der Waals surface area contributed by atoms with E-state index >= 15 is 0 Å². The van der Waals surface area contributed by atoms with Crippen molar-refractivity contribution in [3.63, 3.8) is 0 Å². The zero-order chi connectivity index (χ0) is 13.3. The first kappa shape index (κ1) is 12.9. The Morgan fingerprint density at radius 2 is 2.17 bits per heavy atom. The summed E-state index contributed by atoms with van der Waals surface area (Å²) in [5.74, 6) is -2.99. The molecule has 2 aromatic rings. The van der Waals surface area contributed by atoms with Gasteiger partial charge < -0.3 is 5.73 Å². The number of nitrogen functional groups attached to an aromatic ring is 1. The number of nitrogens with two attached hydrogens (primary N) is 1. The van der Waals surface area contributed by atoms with Crippen molar-refractivity contribution in [2.45, 2.75) is 0 Å². The SMILES string of the molecule is Nc1ccc(F)c(C(=O)Nc2ncc(Br)s2)c1F. The molecule has 1 aromatic heterocycles. The molecule has 8 heteroatoms. The summed E-state index contributed by atoms with van der Waals surface area (Å²) < 4.78 is 27.7. The van der Waals surface area contributed by atoms with Gasteiger partial charge in [0.25, 0.3) is 5.91 Å². The van der Waals surface area contributed by atoms with Gasteiger partial charge in [-0.2, -0.15) is 0 Å². The molecule has 4 nitrogen and oxygen atoms in total. The Hall–Kier alpha value is -1.54. The van der Waals surface area contributed by atoms with E-state index in [0.29, 0.717) is 3.79 Å². The number of carbonyl (C=O) groups is 1. The van der Waals surface area contributed by atoms with Crippen molar-refractivity contribution in [2.75, 3.05) is 11.1 Å². The van der Waals surface area contributed by atoms with Gasteiger partial charge in [0.15, 0.2) is 10.9 Å². The quantitative estimate of drug-likeness (QED) is 0.830. The summed E-state index contributed by atoms with van der Waals surface area (Å²) in [6, 6.07) is 1.99. The fourth-order valence-corrected chi connectivity index (χ4v) is 2.35. The fraction of sp³-hybridized carbons (Fsp3) is 0. The van der Waals surface area contributed by atoms with Crippen LogP contribution in [0.25, 0.3) is 0 Å². The van der Waals surface area contributed by atoms with Crippen LogP contribution >= 0.6 is 27.3 Å². The second-order valence-electron chi connectivity index (χ2n) is 3.25. The number of hydrogen-bond acceptors (Lipinski definition) is 4. The lowest BCUT2D eigenvalue weighted by atomic mass is 10.1. The third-order valence-corrected chi connectivity index (χ3v) is 3.44. The molecule has 1 amide bonds. The highest BCUT2D eigenvalue weighted by Crippen LogP contribution is 2.25. The number of anilines is 2. The molecule has 0 aliphatic rings. The summed E-state index contributed by atoms with van der Waals surface area (Å²) >= 11 is 4.28. The monoisotopic (exact) mass is 333 g/mol. The van der Waals surface area contributed by atoms with Gasteiger partial charge in [0.05, 0.1) is 15.7 Å². The molecule has 0 unspecified atom stereocenters. The van der Waals surface area contributed by atoms with Gasteiger partial charge >= 0.3 is 0 Å². The molecule has 1 heterocycles. The van der Waals surface area contributed by atoms with Crippen molar-refractivity contribution in [2.24, 2.45) is 0 Å². The molecule has 0 saturated carbocycles. The van der Waals surface area contributed by atoms with E-state index in [4.69, 9.17) is 5.73 Å². The molecule has 0 atom stereocenters. The molecule has 0 aliphatic heterocycles. The van der Waals surface area contributed by atoms with Gasteiger partial charge in [-0.3, -0.25) is 10.1 Å². The summed E-state index contributed by atoms with van der Waals surface area (Å²) in [6.45, 7) is 0. The highest BCUT2D eigenvalue weighted by molar-refractivity contribution is 9.11. The lowest BCUT2D eigenvalue weighted by molar-refractivity contribution is 0.101. The highest BCUT2D eigenvalue weighted by atomic mass is 79.9. The number of nitrogens with one attached hydrogen (secondary N) is 1. The van der Waals surface area contributed by atoms with Gasteiger partial charge in [-0.1, -0.05) is 11.3 Å². The summed E-state index contributed by atoms with van der Waals surface area (Å²) in [6.07, 6.45) is 1.46. The van der Waals surface area contributed by atoms with E-state index in [1.54, 1.807) is 0 Å². The van der Waals surface area contributed by atoms with Crippen molar-refractivity contribution in [1.29, 1.82) is 0 Å². The summed E-state index contributed by atoms with van der Waals surface area (Å²) in [5, 5.41) is 2.52. The number of amides is 1. The molecule has 0 radical (unpaired) electrons. The number of carbonyl (C=O) groups excluding carboxylic acids is 1. The van der Waals surface area contributed by atoms with E-state index in [1.807, 2.05) is 0 Å². The minimum atomic E-state index is -1.08. The van der Waals surface area contributed by atoms with Crippen molar-refractivity contribution >= 4 is 44.0 Å². The Bertz CT molecular complexity index is 617. The van der Waals surface area contributed by atoms with E-state index < -0.39 is 23.1 Å². The van der Waals surface area contributed by atoms with Crippen LogP contribution in [0, 0.1) is 11.6 Å². The molecule has 0 spiro atoms. The molecular formula is C10H6BrF2N3OS. The maximum Gasteiger partial charge on any atom is 0.263 e. The van der Waals surface area contributed by atoms with Crippen LogP contribution in [0.2, 0.25) is 0 Å². The molecule has 0 fully saturated rings. The Morgan fingerprint density at radius 1 is 1.44 bits per heavy atom. The topological polar surface area (TPSA) is 68.0 Å². The summed E-state index contributed by atoms with van der Waals surface area (Å²) in [5.41, 5.74) is 4.27. The molecule has 94 valence electrons. The largest absolute Gasteiger partial charge is 0.396 e. The van der Waals surface area contributed by atoms with E-state index in [0.717, 1.165) is 23.5 Å². The standard InChI is InChI=1S/C10H6BrF2N3OS/c11-6-3-15-10(18-6)16-9(17)7-4(12)1-2-5(14)8(7)13/h1-3H,14H2,(H,15,16,17). The average Bonchev–Trinajstić information content (AvgIpc) is 2.70. The maximum absolute atomic E-state index is 13.6. The zero-order valence-electron chi connectivity index (χ0n) is 8.71. The van der Waals surface area contributed by atoms with Gasteiger partial charge in [-0.15, -0.1) is 0 Å². The first-order valence-electron chi connectivity index (χ1n) is 4.65. The Kier molecular flexibility index (Phi) is 3.58. The maximum atomic E-state index is 13.6. The van der Waals surface area contributed by atoms with Crippen molar-refractivity contribution in [3.8, 4) is 0 Å². The van der Waals surface area contributed by atoms with Gasteiger partial charge in [-0.25, -0.2) is 13.8 Å². The Balaban J connectivity index is 2.32. The number of benzene rings is 1. The van der Waals surface area contributed by atoms with E-state index in [1.165, 1.54) is 6.20 Å². The van der Waals surface area contributed by atoms with Crippen molar-refractivity contribution < 1.29 is 13.6 Å². The first-order chi connectivity index (χ1) is 8.49. The van der Waals surface area contributed by atoms with Crippen LogP contribution in [0.3, 0.4) is 0 Å². The molecule has 0 saturated heterocycles. The average molecular weight is 334 g/mol. The number of halogens is 3. The lowest BCUT2D eigenvalue weighted by Gasteiger charge is -2.06. The second kappa shape index (κ2) is 4.99.